The van der Waals surface area contributed by atoms with Gasteiger partial charge in [0.05, 0.1) is 0 Å². The van der Waals surface area contributed by atoms with Crippen LogP contribution in [0.5, 0.6) is 0 Å². The average molecular weight is 253 g/mol. The highest BCUT2D eigenvalue weighted by atomic mass is 16.1. The first-order chi connectivity index (χ1) is 8.71. The Morgan fingerprint density at radius 3 is 2.22 bits per heavy atom. The number of rotatable bonds is 7. The van der Waals surface area contributed by atoms with E-state index in [2.05, 4.69) is 26.1 Å². The Labute approximate surface area is 113 Å². The number of hydrogen-bond acceptors (Lipinski definition) is 1. The first-order valence-corrected chi connectivity index (χ1v) is 8.01. The predicted molar refractivity (Wildman–Crippen MR) is 77.5 cm³/mol. The second-order valence-electron chi connectivity index (χ2n) is 5.88. The fourth-order valence-electron chi connectivity index (χ4n) is 3.02. The van der Waals surface area contributed by atoms with Gasteiger partial charge in [0.1, 0.15) is 0 Å². The van der Waals surface area contributed by atoms with E-state index in [0.717, 1.165) is 31.6 Å². The van der Waals surface area contributed by atoms with Crippen molar-refractivity contribution in [2.24, 2.45) is 11.8 Å². The second-order valence-corrected chi connectivity index (χ2v) is 5.88. The fourth-order valence-corrected chi connectivity index (χ4v) is 3.02. The van der Waals surface area contributed by atoms with E-state index in [-0.39, 0.29) is 0 Å². The summed E-state index contributed by atoms with van der Waals surface area (Å²) in [6, 6.07) is 0.385. The lowest BCUT2D eigenvalue weighted by atomic mass is 9.79. The molecule has 18 heavy (non-hydrogen) atoms. The summed E-state index contributed by atoms with van der Waals surface area (Å²) in [6.07, 6.45) is 10.9. The molecule has 0 aliphatic heterocycles. The summed E-state index contributed by atoms with van der Waals surface area (Å²) >= 11 is 0. The van der Waals surface area contributed by atoms with Gasteiger partial charge in [0.25, 0.3) is 0 Å². The van der Waals surface area contributed by atoms with E-state index in [9.17, 15) is 4.79 Å². The molecule has 0 radical (unpaired) electrons. The van der Waals surface area contributed by atoms with Gasteiger partial charge in [0.2, 0.25) is 5.91 Å². The number of nitrogens with one attached hydrogen (secondary N) is 1. The van der Waals surface area contributed by atoms with Crippen LogP contribution in [0.4, 0.5) is 0 Å². The van der Waals surface area contributed by atoms with Crippen molar-refractivity contribution in [1.29, 1.82) is 0 Å². The Kier molecular flexibility index (Phi) is 7.38. The van der Waals surface area contributed by atoms with Gasteiger partial charge in [-0.3, -0.25) is 4.79 Å². The van der Waals surface area contributed by atoms with E-state index >= 15 is 0 Å². The Morgan fingerprint density at radius 1 is 1.11 bits per heavy atom. The Bertz CT molecular complexity index is 227. The Morgan fingerprint density at radius 2 is 1.72 bits per heavy atom. The predicted octanol–water partition coefficient (Wildman–Crippen LogP) is 4.29. The van der Waals surface area contributed by atoms with Gasteiger partial charge in [-0.15, -0.1) is 0 Å². The third-order valence-corrected chi connectivity index (χ3v) is 4.52. The van der Waals surface area contributed by atoms with Gasteiger partial charge >= 0.3 is 0 Å². The summed E-state index contributed by atoms with van der Waals surface area (Å²) < 4.78 is 0. The van der Waals surface area contributed by atoms with Gasteiger partial charge in [-0.05, 0) is 44.4 Å². The highest BCUT2D eigenvalue weighted by molar-refractivity contribution is 5.79. The molecule has 106 valence electrons. The van der Waals surface area contributed by atoms with Gasteiger partial charge in [-0.25, -0.2) is 0 Å². The molecule has 2 heteroatoms. The first-order valence-electron chi connectivity index (χ1n) is 8.01. The van der Waals surface area contributed by atoms with Crippen LogP contribution in [-0.2, 0) is 4.79 Å². The molecule has 1 amide bonds. The Balaban J connectivity index is 2.27. The van der Waals surface area contributed by atoms with Crippen LogP contribution in [0.3, 0.4) is 0 Å². The molecule has 0 aromatic rings. The van der Waals surface area contributed by atoms with Crippen LogP contribution >= 0.6 is 0 Å². The van der Waals surface area contributed by atoms with E-state index in [1.807, 2.05) is 0 Å². The van der Waals surface area contributed by atoms with Gasteiger partial charge in [-0.1, -0.05) is 40.0 Å². The summed E-state index contributed by atoms with van der Waals surface area (Å²) in [5.41, 5.74) is 0. The van der Waals surface area contributed by atoms with Crippen molar-refractivity contribution in [3.8, 4) is 0 Å². The SMILES string of the molecule is CCCCC1CCC(C(=O)NC(CC)CC)CC1. The zero-order chi connectivity index (χ0) is 13.4. The average Bonchev–Trinajstić information content (AvgIpc) is 2.42. The zero-order valence-corrected chi connectivity index (χ0v) is 12.5. The Hall–Kier alpha value is -0.530. The molecular weight excluding hydrogens is 222 g/mol. The topological polar surface area (TPSA) is 29.1 Å². The summed E-state index contributed by atoms with van der Waals surface area (Å²) in [6.45, 7) is 6.56. The minimum absolute atomic E-state index is 0.295. The maximum atomic E-state index is 12.1. The fraction of sp³-hybridized carbons (Fsp3) is 0.938. The first kappa shape index (κ1) is 15.5. The number of hydrogen-bond donors (Lipinski definition) is 1. The van der Waals surface area contributed by atoms with Crippen molar-refractivity contribution < 1.29 is 4.79 Å². The van der Waals surface area contributed by atoms with Crippen LogP contribution in [0.25, 0.3) is 0 Å². The van der Waals surface area contributed by atoms with Crippen LogP contribution in [0.15, 0.2) is 0 Å². The monoisotopic (exact) mass is 253 g/mol. The molecule has 0 spiro atoms. The van der Waals surface area contributed by atoms with E-state index in [4.69, 9.17) is 0 Å². The lowest BCUT2D eigenvalue weighted by Gasteiger charge is -2.29. The maximum Gasteiger partial charge on any atom is 0.223 e. The number of unbranched alkanes of at least 4 members (excludes halogenated alkanes) is 1. The van der Waals surface area contributed by atoms with E-state index < -0.39 is 0 Å². The molecule has 0 aromatic carbocycles. The number of carbonyl (C=O) groups is 1. The molecule has 0 saturated heterocycles. The van der Waals surface area contributed by atoms with Gasteiger partial charge < -0.3 is 5.32 Å². The third kappa shape index (κ3) is 4.99. The molecule has 1 fully saturated rings. The molecule has 0 atom stereocenters. The molecule has 0 unspecified atom stereocenters. The molecule has 1 N–H and O–H groups in total. The molecule has 0 aromatic heterocycles. The van der Waals surface area contributed by atoms with Crippen molar-refractivity contribution in [3.63, 3.8) is 0 Å². The van der Waals surface area contributed by atoms with Gasteiger partial charge in [-0.2, -0.15) is 0 Å². The summed E-state index contributed by atoms with van der Waals surface area (Å²) in [7, 11) is 0. The minimum Gasteiger partial charge on any atom is -0.353 e. The normalized spacial score (nSPS) is 24.2. The van der Waals surface area contributed by atoms with Gasteiger partial charge in [0.15, 0.2) is 0 Å². The summed E-state index contributed by atoms with van der Waals surface area (Å²) in [5.74, 6) is 1.50. The van der Waals surface area contributed by atoms with Crippen molar-refractivity contribution in [2.75, 3.05) is 0 Å². The molecular formula is C16H31NO. The van der Waals surface area contributed by atoms with Crippen LogP contribution in [-0.4, -0.2) is 11.9 Å². The minimum atomic E-state index is 0.295. The molecule has 0 heterocycles. The molecule has 1 rings (SSSR count). The largest absolute Gasteiger partial charge is 0.353 e. The number of carbonyl (C=O) groups excluding carboxylic acids is 1. The van der Waals surface area contributed by atoms with E-state index in [1.165, 1.54) is 32.1 Å². The smallest absolute Gasteiger partial charge is 0.223 e. The zero-order valence-electron chi connectivity index (χ0n) is 12.5. The quantitative estimate of drug-likeness (QED) is 0.720. The third-order valence-electron chi connectivity index (χ3n) is 4.52. The maximum absolute atomic E-state index is 12.1. The lowest BCUT2D eigenvalue weighted by Crippen LogP contribution is -2.39. The van der Waals surface area contributed by atoms with Crippen molar-refractivity contribution in [1.82, 2.24) is 5.32 Å². The summed E-state index contributed by atoms with van der Waals surface area (Å²) in [4.78, 5) is 12.1. The van der Waals surface area contributed by atoms with E-state index in [0.29, 0.717) is 17.9 Å². The number of amides is 1. The van der Waals surface area contributed by atoms with Crippen molar-refractivity contribution in [3.05, 3.63) is 0 Å². The van der Waals surface area contributed by atoms with Crippen LogP contribution in [0.1, 0.15) is 78.6 Å². The second kappa shape index (κ2) is 8.55. The highest BCUT2D eigenvalue weighted by Gasteiger charge is 2.26. The van der Waals surface area contributed by atoms with Crippen LogP contribution in [0.2, 0.25) is 0 Å². The molecule has 1 aliphatic rings. The molecule has 1 aliphatic carbocycles. The van der Waals surface area contributed by atoms with Gasteiger partial charge in [0, 0.05) is 12.0 Å². The summed E-state index contributed by atoms with van der Waals surface area (Å²) in [5, 5.41) is 3.21. The van der Waals surface area contributed by atoms with E-state index in [1.54, 1.807) is 0 Å². The van der Waals surface area contributed by atoms with Crippen LogP contribution < -0.4 is 5.32 Å². The molecule has 1 saturated carbocycles. The van der Waals surface area contributed by atoms with Crippen molar-refractivity contribution >= 4 is 5.91 Å². The molecule has 0 bridgehead atoms. The van der Waals surface area contributed by atoms with Crippen LogP contribution in [0, 0.1) is 11.8 Å². The highest BCUT2D eigenvalue weighted by Crippen LogP contribution is 2.32. The molecule has 2 nitrogen and oxygen atoms in total. The van der Waals surface area contributed by atoms with Crippen molar-refractivity contribution in [2.45, 2.75) is 84.6 Å². The lowest BCUT2D eigenvalue weighted by molar-refractivity contribution is -0.127. The standard InChI is InChI=1S/C16H31NO/c1-4-7-8-13-9-11-14(12-10-13)16(18)17-15(5-2)6-3/h13-15H,4-12H2,1-3H3,(H,17,18).